The molecule has 6 nitrogen and oxygen atoms in total. The largest absolute Gasteiger partial charge is 0.481 e. The van der Waals surface area contributed by atoms with E-state index in [1.165, 1.54) is 6.92 Å². The Hall–Kier alpha value is -1.59. The van der Waals surface area contributed by atoms with Crippen LogP contribution >= 0.6 is 0 Å². The zero-order chi connectivity index (χ0) is 11.1. The van der Waals surface area contributed by atoms with Gasteiger partial charge in [0.25, 0.3) is 0 Å². The number of carbonyl (C=O) groups is 3. The average Bonchev–Trinajstić information content (AvgIpc) is 2.24. The van der Waals surface area contributed by atoms with Crippen molar-refractivity contribution < 1.29 is 29.3 Å². The number of ether oxygens (including phenoxy) is 1. The number of hydrogen-bond donors (Lipinski definition) is 2. The lowest BCUT2D eigenvalue weighted by Gasteiger charge is -2.22. The summed E-state index contributed by atoms with van der Waals surface area (Å²) in [6.07, 6.45) is 0. The summed E-state index contributed by atoms with van der Waals surface area (Å²) in [6, 6.07) is 0. The van der Waals surface area contributed by atoms with Gasteiger partial charge in [-0.15, -0.1) is 0 Å². The van der Waals surface area contributed by atoms with E-state index in [2.05, 4.69) is 4.74 Å². The minimum absolute atomic E-state index is 0.790. The van der Waals surface area contributed by atoms with E-state index < -0.39 is 35.3 Å². The van der Waals surface area contributed by atoms with Crippen LogP contribution in [0.25, 0.3) is 0 Å². The molecule has 0 saturated carbocycles. The molecule has 0 aromatic rings. The molecule has 3 unspecified atom stereocenters. The first-order chi connectivity index (χ1) is 6.30. The number of rotatable bonds is 2. The van der Waals surface area contributed by atoms with Crippen LogP contribution < -0.4 is 0 Å². The number of hydrogen-bond acceptors (Lipinski definition) is 4. The Balaban J connectivity index is 3.14. The number of carboxylic acids is 2. The molecule has 0 spiro atoms. The average molecular weight is 202 g/mol. The second-order valence-electron chi connectivity index (χ2n) is 3.44. The summed E-state index contributed by atoms with van der Waals surface area (Å²) in [5, 5.41) is 17.6. The number of aliphatic carboxylic acids is 2. The van der Waals surface area contributed by atoms with Gasteiger partial charge in [0.05, 0.1) is 5.92 Å². The van der Waals surface area contributed by atoms with Crippen LogP contribution in [0.1, 0.15) is 13.8 Å². The van der Waals surface area contributed by atoms with E-state index in [4.69, 9.17) is 10.2 Å². The van der Waals surface area contributed by atoms with Crippen molar-refractivity contribution in [2.45, 2.75) is 19.4 Å². The first-order valence-corrected chi connectivity index (χ1v) is 3.99. The lowest BCUT2D eigenvalue weighted by molar-refractivity contribution is -0.174. The molecule has 1 aliphatic rings. The first kappa shape index (κ1) is 10.5. The van der Waals surface area contributed by atoms with Gasteiger partial charge in [-0.2, -0.15) is 0 Å². The third-order valence-corrected chi connectivity index (χ3v) is 2.47. The van der Waals surface area contributed by atoms with E-state index in [1.807, 2.05) is 0 Å². The topological polar surface area (TPSA) is 101 Å². The number of carboxylic acid groups (broad SMARTS) is 2. The van der Waals surface area contributed by atoms with Crippen molar-refractivity contribution in [2.24, 2.45) is 11.8 Å². The lowest BCUT2D eigenvalue weighted by atomic mass is 9.83. The molecule has 0 aromatic carbocycles. The molecule has 6 heteroatoms. The summed E-state index contributed by atoms with van der Waals surface area (Å²) in [5.74, 6) is -5.85. The molecule has 0 radical (unpaired) electrons. The van der Waals surface area contributed by atoms with Crippen LogP contribution in [-0.2, 0) is 19.1 Å². The summed E-state index contributed by atoms with van der Waals surface area (Å²) >= 11 is 0. The van der Waals surface area contributed by atoms with Gasteiger partial charge in [-0.3, -0.25) is 9.59 Å². The maximum absolute atomic E-state index is 11.1. The number of esters is 1. The molecule has 78 valence electrons. The molecule has 1 aliphatic heterocycles. The second kappa shape index (κ2) is 2.97. The van der Waals surface area contributed by atoms with Crippen LogP contribution in [0.3, 0.4) is 0 Å². The van der Waals surface area contributed by atoms with Crippen molar-refractivity contribution in [1.29, 1.82) is 0 Å². The van der Waals surface area contributed by atoms with E-state index in [1.54, 1.807) is 0 Å². The second-order valence-corrected chi connectivity index (χ2v) is 3.44. The van der Waals surface area contributed by atoms with Crippen LogP contribution in [0.2, 0.25) is 0 Å². The van der Waals surface area contributed by atoms with Crippen LogP contribution in [-0.4, -0.2) is 33.7 Å². The van der Waals surface area contributed by atoms with Crippen molar-refractivity contribution in [3.63, 3.8) is 0 Å². The monoisotopic (exact) mass is 202 g/mol. The van der Waals surface area contributed by atoms with Gasteiger partial charge in [-0.05, 0) is 6.92 Å². The van der Waals surface area contributed by atoms with Crippen molar-refractivity contribution >= 4 is 17.9 Å². The summed E-state index contributed by atoms with van der Waals surface area (Å²) in [7, 11) is 0. The van der Waals surface area contributed by atoms with Gasteiger partial charge in [0, 0.05) is 0 Å². The SMILES string of the molecule is CC1C(=O)OC(C)(C(=O)O)C1C(=O)O. The predicted octanol–water partition coefficient (Wildman–Crippen LogP) is -0.277. The summed E-state index contributed by atoms with van der Waals surface area (Å²) in [5.41, 5.74) is -1.96. The van der Waals surface area contributed by atoms with E-state index >= 15 is 0 Å². The highest BCUT2D eigenvalue weighted by atomic mass is 16.6. The Labute approximate surface area is 79.5 Å². The van der Waals surface area contributed by atoms with E-state index in [0.29, 0.717) is 0 Å². The first-order valence-electron chi connectivity index (χ1n) is 3.99. The predicted molar refractivity (Wildman–Crippen MR) is 42.4 cm³/mol. The lowest BCUT2D eigenvalue weighted by Crippen LogP contribution is -2.45. The van der Waals surface area contributed by atoms with Crippen LogP contribution in [0.4, 0.5) is 0 Å². The third kappa shape index (κ3) is 1.23. The fraction of sp³-hybridized carbons (Fsp3) is 0.625. The highest BCUT2D eigenvalue weighted by molar-refractivity contribution is 5.94. The molecule has 1 heterocycles. The Morgan fingerprint density at radius 2 is 1.93 bits per heavy atom. The van der Waals surface area contributed by atoms with Gasteiger partial charge in [-0.1, -0.05) is 6.92 Å². The molecule has 1 saturated heterocycles. The van der Waals surface area contributed by atoms with Gasteiger partial charge in [0.2, 0.25) is 5.60 Å². The van der Waals surface area contributed by atoms with Gasteiger partial charge in [0.15, 0.2) is 0 Å². The van der Waals surface area contributed by atoms with Gasteiger partial charge in [-0.25, -0.2) is 4.79 Å². The molecule has 3 atom stereocenters. The number of cyclic esters (lactones) is 1. The molecule has 1 fully saturated rings. The fourth-order valence-electron chi connectivity index (χ4n) is 1.60. The highest BCUT2D eigenvalue weighted by Crippen LogP contribution is 2.37. The Morgan fingerprint density at radius 1 is 1.43 bits per heavy atom. The van der Waals surface area contributed by atoms with Crippen LogP contribution in [0.5, 0.6) is 0 Å². The van der Waals surface area contributed by atoms with Gasteiger partial charge in [0.1, 0.15) is 5.92 Å². The summed E-state index contributed by atoms with van der Waals surface area (Å²) < 4.78 is 4.58. The molecule has 0 bridgehead atoms. The molecule has 0 aliphatic carbocycles. The summed E-state index contributed by atoms with van der Waals surface area (Å²) in [4.78, 5) is 32.6. The van der Waals surface area contributed by atoms with Crippen LogP contribution in [0, 0.1) is 11.8 Å². The molecule has 2 N–H and O–H groups in total. The van der Waals surface area contributed by atoms with E-state index in [9.17, 15) is 14.4 Å². The highest BCUT2D eigenvalue weighted by Gasteiger charge is 2.59. The van der Waals surface area contributed by atoms with Crippen molar-refractivity contribution in [1.82, 2.24) is 0 Å². The number of carbonyl (C=O) groups excluding carboxylic acids is 1. The maximum atomic E-state index is 11.1. The quantitative estimate of drug-likeness (QED) is 0.597. The molecule has 14 heavy (non-hydrogen) atoms. The van der Waals surface area contributed by atoms with Crippen molar-refractivity contribution in [3.8, 4) is 0 Å². The Bertz CT molecular complexity index is 307. The molecule has 1 rings (SSSR count). The van der Waals surface area contributed by atoms with Gasteiger partial charge >= 0.3 is 17.9 Å². The van der Waals surface area contributed by atoms with Crippen molar-refractivity contribution in [2.75, 3.05) is 0 Å². The minimum atomic E-state index is -1.96. The Morgan fingerprint density at radius 3 is 2.21 bits per heavy atom. The fourth-order valence-corrected chi connectivity index (χ4v) is 1.60. The van der Waals surface area contributed by atoms with E-state index in [0.717, 1.165) is 6.92 Å². The zero-order valence-electron chi connectivity index (χ0n) is 7.68. The normalized spacial score (nSPS) is 36.6. The van der Waals surface area contributed by atoms with E-state index in [-0.39, 0.29) is 0 Å². The molecule has 0 amide bonds. The summed E-state index contributed by atoms with van der Waals surface area (Å²) in [6.45, 7) is 2.44. The standard InChI is InChI=1S/C8H10O6/c1-3-4(5(9)10)8(2,7(12)13)14-6(3)11/h3-4H,1-2H3,(H,9,10)(H,12,13). The maximum Gasteiger partial charge on any atom is 0.348 e. The zero-order valence-corrected chi connectivity index (χ0v) is 7.68. The smallest absolute Gasteiger partial charge is 0.348 e. The Kier molecular flexibility index (Phi) is 2.22. The van der Waals surface area contributed by atoms with Crippen molar-refractivity contribution in [3.05, 3.63) is 0 Å². The molecular weight excluding hydrogens is 192 g/mol. The third-order valence-electron chi connectivity index (χ3n) is 2.47. The minimum Gasteiger partial charge on any atom is -0.481 e. The van der Waals surface area contributed by atoms with Gasteiger partial charge < -0.3 is 14.9 Å². The molecular formula is C8H10O6. The van der Waals surface area contributed by atoms with Crippen LogP contribution in [0.15, 0.2) is 0 Å². The molecule has 0 aromatic heterocycles.